The number of hydrogen-bond donors (Lipinski definition) is 2. The molecule has 2 saturated heterocycles. The minimum Gasteiger partial charge on any atom is -0.313 e. The molecule has 23 heavy (non-hydrogen) atoms. The third kappa shape index (κ3) is 3.19. The van der Waals surface area contributed by atoms with Gasteiger partial charge in [-0.2, -0.15) is 5.06 Å². The summed E-state index contributed by atoms with van der Waals surface area (Å²) in [6, 6.07) is 9.07. The molecule has 2 aliphatic heterocycles. The molecule has 7 nitrogen and oxygen atoms in total. The SMILES string of the molecule is CC(=O)NC(=N)[C@@H]1CC[C@@H]2CN1C(=O)N2OCc1ccccc1. The molecule has 2 fully saturated rings. The first kappa shape index (κ1) is 15.5. The third-order valence-electron chi connectivity index (χ3n) is 4.18. The number of nitrogens with one attached hydrogen (secondary N) is 2. The van der Waals surface area contributed by atoms with Crippen LogP contribution in [-0.4, -0.2) is 46.4 Å². The second-order valence-corrected chi connectivity index (χ2v) is 5.86. The number of hydroxylamine groups is 2. The molecule has 0 aromatic heterocycles. The van der Waals surface area contributed by atoms with E-state index in [1.807, 2.05) is 30.3 Å². The van der Waals surface area contributed by atoms with Gasteiger partial charge in [-0.25, -0.2) is 4.79 Å². The van der Waals surface area contributed by atoms with Crippen LogP contribution in [0.4, 0.5) is 4.79 Å². The van der Waals surface area contributed by atoms with Gasteiger partial charge in [0.2, 0.25) is 5.91 Å². The monoisotopic (exact) mass is 316 g/mol. The lowest BCUT2D eigenvalue weighted by molar-refractivity contribution is -0.140. The Morgan fingerprint density at radius 2 is 2.09 bits per heavy atom. The maximum absolute atomic E-state index is 12.5. The van der Waals surface area contributed by atoms with Crippen molar-refractivity contribution in [3.63, 3.8) is 0 Å². The van der Waals surface area contributed by atoms with Gasteiger partial charge in [0.15, 0.2) is 0 Å². The van der Waals surface area contributed by atoms with Gasteiger partial charge >= 0.3 is 6.03 Å². The molecule has 0 saturated carbocycles. The van der Waals surface area contributed by atoms with Crippen LogP contribution in [0.15, 0.2) is 30.3 Å². The Kier molecular flexibility index (Phi) is 4.29. The van der Waals surface area contributed by atoms with Crippen molar-refractivity contribution in [1.82, 2.24) is 15.3 Å². The first-order chi connectivity index (χ1) is 11.1. The molecule has 2 heterocycles. The molecular formula is C16H20N4O3. The Bertz CT molecular complexity index is 619. The van der Waals surface area contributed by atoms with Gasteiger partial charge in [-0.3, -0.25) is 15.0 Å². The molecule has 122 valence electrons. The molecule has 0 aliphatic carbocycles. The number of carbonyl (C=O) groups excluding carboxylic acids is 2. The summed E-state index contributed by atoms with van der Waals surface area (Å²) >= 11 is 0. The maximum Gasteiger partial charge on any atom is 0.344 e. The average Bonchev–Trinajstić information content (AvgIpc) is 2.77. The molecule has 2 atom stereocenters. The Hall–Kier alpha value is -2.41. The average molecular weight is 316 g/mol. The zero-order valence-corrected chi connectivity index (χ0v) is 13.0. The number of benzene rings is 1. The highest BCUT2D eigenvalue weighted by Crippen LogP contribution is 2.30. The number of nitrogens with zero attached hydrogens (tertiary/aromatic N) is 2. The minimum absolute atomic E-state index is 0.00703. The second-order valence-electron chi connectivity index (χ2n) is 5.86. The van der Waals surface area contributed by atoms with Crippen LogP contribution in [0, 0.1) is 5.41 Å². The zero-order chi connectivity index (χ0) is 16.4. The molecule has 1 aromatic carbocycles. The summed E-state index contributed by atoms with van der Waals surface area (Å²) in [5.41, 5.74) is 0.999. The van der Waals surface area contributed by atoms with Crippen LogP contribution in [-0.2, 0) is 16.2 Å². The summed E-state index contributed by atoms with van der Waals surface area (Å²) in [5, 5.41) is 11.9. The fourth-order valence-electron chi connectivity index (χ4n) is 3.09. The first-order valence-electron chi connectivity index (χ1n) is 7.69. The number of hydrogen-bond acceptors (Lipinski definition) is 4. The van der Waals surface area contributed by atoms with E-state index in [0.717, 1.165) is 12.0 Å². The molecule has 7 heteroatoms. The summed E-state index contributed by atoms with van der Waals surface area (Å²) in [5.74, 6) is -0.213. The topological polar surface area (TPSA) is 85.7 Å². The van der Waals surface area contributed by atoms with Crippen molar-refractivity contribution in [3.8, 4) is 0 Å². The van der Waals surface area contributed by atoms with Crippen LogP contribution < -0.4 is 5.32 Å². The van der Waals surface area contributed by atoms with Gasteiger partial charge in [0, 0.05) is 13.5 Å². The van der Waals surface area contributed by atoms with Crippen LogP contribution in [0.25, 0.3) is 0 Å². The van der Waals surface area contributed by atoms with E-state index in [9.17, 15) is 9.59 Å². The first-order valence-corrected chi connectivity index (χ1v) is 7.69. The Balaban J connectivity index is 1.64. The van der Waals surface area contributed by atoms with Gasteiger partial charge < -0.3 is 10.2 Å². The lowest BCUT2D eigenvalue weighted by atomic mass is 10.00. The highest BCUT2D eigenvalue weighted by atomic mass is 16.7. The fraction of sp³-hybridized carbons (Fsp3) is 0.438. The van der Waals surface area contributed by atoms with Crippen molar-refractivity contribution in [3.05, 3.63) is 35.9 Å². The van der Waals surface area contributed by atoms with E-state index < -0.39 is 0 Å². The molecule has 0 unspecified atom stereocenters. The van der Waals surface area contributed by atoms with Crippen LogP contribution in [0.1, 0.15) is 25.3 Å². The van der Waals surface area contributed by atoms with Crippen molar-refractivity contribution in [2.45, 2.75) is 38.5 Å². The number of amidine groups is 1. The minimum atomic E-state index is -0.382. The van der Waals surface area contributed by atoms with E-state index in [1.54, 1.807) is 4.90 Å². The summed E-state index contributed by atoms with van der Waals surface area (Å²) in [6.07, 6.45) is 1.41. The quantitative estimate of drug-likeness (QED) is 0.652. The molecule has 3 rings (SSSR count). The molecule has 2 bridgehead atoms. The number of fused-ring (bicyclic) bond motifs is 2. The van der Waals surface area contributed by atoms with Crippen LogP contribution in [0.3, 0.4) is 0 Å². The smallest absolute Gasteiger partial charge is 0.313 e. The van der Waals surface area contributed by atoms with Crippen molar-refractivity contribution < 1.29 is 14.4 Å². The van der Waals surface area contributed by atoms with Crippen molar-refractivity contribution in [1.29, 1.82) is 5.41 Å². The molecule has 3 amide bonds. The Labute approximate surface area is 134 Å². The fourth-order valence-corrected chi connectivity index (χ4v) is 3.09. The highest BCUT2D eigenvalue weighted by Gasteiger charge is 2.47. The van der Waals surface area contributed by atoms with E-state index >= 15 is 0 Å². The molecule has 2 N–H and O–H groups in total. The predicted octanol–water partition coefficient (Wildman–Crippen LogP) is 1.50. The van der Waals surface area contributed by atoms with Gasteiger partial charge in [0.25, 0.3) is 0 Å². The normalized spacial score (nSPS) is 23.1. The molecule has 0 spiro atoms. The second kappa shape index (κ2) is 6.37. The Morgan fingerprint density at radius 1 is 1.35 bits per heavy atom. The zero-order valence-electron chi connectivity index (χ0n) is 13.0. The van der Waals surface area contributed by atoms with Crippen LogP contribution in [0.5, 0.6) is 0 Å². The summed E-state index contributed by atoms with van der Waals surface area (Å²) in [4.78, 5) is 31.0. The third-order valence-corrected chi connectivity index (χ3v) is 4.18. The van der Waals surface area contributed by atoms with E-state index in [1.165, 1.54) is 12.0 Å². The largest absolute Gasteiger partial charge is 0.344 e. The van der Waals surface area contributed by atoms with Crippen LogP contribution >= 0.6 is 0 Å². The van der Waals surface area contributed by atoms with Gasteiger partial charge in [0.1, 0.15) is 12.4 Å². The lowest BCUT2D eigenvalue weighted by Crippen LogP contribution is -2.50. The number of urea groups is 1. The van der Waals surface area contributed by atoms with E-state index in [4.69, 9.17) is 10.2 Å². The van der Waals surface area contributed by atoms with Crippen molar-refractivity contribution in [2.24, 2.45) is 0 Å². The molecular weight excluding hydrogens is 296 g/mol. The summed E-state index contributed by atoms with van der Waals surface area (Å²) in [6.45, 7) is 2.23. The van der Waals surface area contributed by atoms with E-state index in [0.29, 0.717) is 19.6 Å². The van der Waals surface area contributed by atoms with Gasteiger partial charge in [-0.15, -0.1) is 0 Å². The highest BCUT2D eigenvalue weighted by molar-refractivity contribution is 6.00. The van der Waals surface area contributed by atoms with Gasteiger partial charge in [-0.05, 0) is 18.4 Å². The van der Waals surface area contributed by atoms with E-state index in [2.05, 4.69) is 5.32 Å². The lowest BCUT2D eigenvalue weighted by Gasteiger charge is -2.30. The standard InChI is InChI=1S/C16H20N4O3/c1-11(21)18-15(17)14-8-7-13-9-19(14)16(22)20(13)23-10-12-5-3-2-4-6-12/h2-6,13-14H,7-10H2,1H3,(H2,17,18,21)/t13-,14+/m1/s1. The Morgan fingerprint density at radius 3 is 2.78 bits per heavy atom. The predicted molar refractivity (Wildman–Crippen MR) is 83.5 cm³/mol. The molecule has 0 radical (unpaired) electrons. The van der Waals surface area contributed by atoms with E-state index in [-0.39, 0.29) is 29.9 Å². The van der Waals surface area contributed by atoms with Gasteiger partial charge in [0.05, 0.1) is 12.1 Å². The summed E-state index contributed by atoms with van der Waals surface area (Å²) in [7, 11) is 0. The number of amides is 3. The van der Waals surface area contributed by atoms with Crippen molar-refractivity contribution in [2.75, 3.05) is 6.54 Å². The van der Waals surface area contributed by atoms with Crippen molar-refractivity contribution >= 4 is 17.8 Å². The molecule has 2 aliphatic rings. The summed E-state index contributed by atoms with van der Waals surface area (Å²) < 4.78 is 0. The molecule has 1 aromatic rings. The van der Waals surface area contributed by atoms with Gasteiger partial charge in [-0.1, -0.05) is 30.3 Å². The number of piperidine rings is 1. The maximum atomic E-state index is 12.5. The number of rotatable bonds is 4. The number of carbonyl (C=O) groups is 2. The van der Waals surface area contributed by atoms with Crippen LogP contribution in [0.2, 0.25) is 0 Å².